The maximum Gasteiger partial charge on any atom is 0.236 e. The first-order valence-corrected chi connectivity index (χ1v) is 6.88. The van der Waals surface area contributed by atoms with E-state index in [1.54, 1.807) is 26.0 Å². The molecule has 0 spiro atoms. The highest BCUT2D eigenvalue weighted by Crippen LogP contribution is 2.31. The predicted octanol–water partition coefficient (Wildman–Crippen LogP) is 2.60. The standard InChI is InChI=1S/C11H11ClN4OS2/c1-11(2,9(13)18)10(17)14-7-5(12)3-4-6-8(7)16-19-15-6/h3-4H,1-2H3,(H2,13,18)(H,14,17). The van der Waals surface area contributed by atoms with Gasteiger partial charge in [-0.1, -0.05) is 23.8 Å². The molecule has 0 atom stereocenters. The number of anilines is 1. The van der Waals surface area contributed by atoms with Crippen molar-refractivity contribution in [3.63, 3.8) is 0 Å². The molecule has 0 aliphatic carbocycles. The predicted molar refractivity (Wildman–Crippen MR) is 81.6 cm³/mol. The van der Waals surface area contributed by atoms with Gasteiger partial charge in [-0.2, -0.15) is 8.75 Å². The van der Waals surface area contributed by atoms with Crippen molar-refractivity contribution in [2.75, 3.05) is 5.32 Å². The second kappa shape index (κ2) is 4.99. The number of carbonyl (C=O) groups is 1. The van der Waals surface area contributed by atoms with Crippen LogP contribution in [0.25, 0.3) is 11.0 Å². The van der Waals surface area contributed by atoms with E-state index in [1.807, 2.05) is 0 Å². The van der Waals surface area contributed by atoms with Gasteiger partial charge in [0.05, 0.1) is 32.8 Å². The van der Waals surface area contributed by atoms with E-state index in [1.165, 1.54) is 0 Å². The van der Waals surface area contributed by atoms with Gasteiger partial charge in [0.25, 0.3) is 0 Å². The van der Waals surface area contributed by atoms with Crippen molar-refractivity contribution in [3.8, 4) is 0 Å². The number of amides is 1. The van der Waals surface area contributed by atoms with Gasteiger partial charge in [-0.15, -0.1) is 0 Å². The van der Waals surface area contributed by atoms with Crippen LogP contribution >= 0.6 is 35.5 Å². The van der Waals surface area contributed by atoms with Crippen molar-refractivity contribution in [3.05, 3.63) is 17.2 Å². The molecule has 0 radical (unpaired) electrons. The summed E-state index contributed by atoms with van der Waals surface area (Å²) >= 11 is 12.0. The molecule has 0 fully saturated rings. The number of hydrogen-bond donors (Lipinski definition) is 2. The first-order chi connectivity index (χ1) is 8.84. The molecule has 2 rings (SSSR count). The number of aromatic nitrogens is 2. The fraction of sp³-hybridized carbons (Fsp3) is 0.273. The third kappa shape index (κ3) is 2.54. The second-order valence-corrected chi connectivity index (χ2v) is 5.87. The topological polar surface area (TPSA) is 80.9 Å². The summed E-state index contributed by atoms with van der Waals surface area (Å²) in [5.74, 6) is -0.331. The Labute approximate surface area is 124 Å². The molecule has 19 heavy (non-hydrogen) atoms. The summed E-state index contributed by atoms with van der Waals surface area (Å²) in [6, 6.07) is 3.41. The highest BCUT2D eigenvalue weighted by Gasteiger charge is 2.31. The first-order valence-electron chi connectivity index (χ1n) is 5.36. The van der Waals surface area contributed by atoms with Gasteiger partial charge in [0, 0.05) is 0 Å². The van der Waals surface area contributed by atoms with Gasteiger partial charge in [0.1, 0.15) is 11.0 Å². The molecule has 3 N–H and O–H groups in total. The minimum atomic E-state index is -0.968. The lowest BCUT2D eigenvalue weighted by molar-refractivity contribution is -0.121. The third-order valence-corrected chi connectivity index (χ3v) is 4.17. The normalized spacial score (nSPS) is 11.5. The number of nitrogens with two attached hydrogens (primary N) is 1. The van der Waals surface area contributed by atoms with Crippen LogP contribution in [0.15, 0.2) is 12.1 Å². The Morgan fingerprint density at radius 2 is 2.16 bits per heavy atom. The van der Waals surface area contributed by atoms with Crippen molar-refractivity contribution < 1.29 is 4.79 Å². The molecule has 0 saturated heterocycles. The summed E-state index contributed by atoms with van der Waals surface area (Å²) in [6.45, 7) is 3.30. The summed E-state index contributed by atoms with van der Waals surface area (Å²) < 4.78 is 8.22. The van der Waals surface area contributed by atoms with Gasteiger partial charge in [0.2, 0.25) is 5.91 Å². The van der Waals surface area contributed by atoms with Gasteiger partial charge < -0.3 is 11.1 Å². The number of fused-ring (bicyclic) bond motifs is 1. The number of rotatable bonds is 3. The molecule has 8 heteroatoms. The molecule has 0 aliphatic rings. The molecule has 100 valence electrons. The average Bonchev–Trinajstić information content (AvgIpc) is 2.80. The number of benzene rings is 1. The van der Waals surface area contributed by atoms with Crippen LogP contribution in [0.1, 0.15) is 13.8 Å². The molecule has 1 aromatic heterocycles. The van der Waals surface area contributed by atoms with Crippen LogP contribution in [0.4, 0.5) is 5.69 Å². The quantitative estimate of drug-likeness (QED) is 0.851. The molecule has 1 heterocycles. The lowest BCUT2D eigenvalue weighted by Gasteiger charge is -2.22. The van der Waals surface area contributed by atoms with Crippen molar-refractivity contribution in [2.45, 2.75) is 13.8 Å². The van der Waals surface area contributed by atoms with Gasteiger partial charge >= 0.3 is 0 Å². The van der Waals surface area contributed by atoms with E-state index in [0.29, 0.717) is 21.7 Å². The maximum atomic E-state index is 12.2. The molecular weight excluding hydrogens is 304 g/mol. The highest BCUT2D eigenvalue weighted by molar-refractivity contribution is 7.80. The number of nitrogens with zero attached hydrogens (tertiary/aromatic N) is 2. The minimum absolute atomic E-state index is 0.115. The molecule has 1 aromatic carbocycles. The van der Waals surface area contributed by atoms with E-state index >= 15 is 0 Å². The lowest BCUT2D eigenvalue weighted by Crippen LogP contribution is -2.41. The van der Waals surface area contributed by atoms with Crippen molar-refractivity contribution in [2.24, 2.45) is 11.1 Å². The number of hydrogen-bond acceptors (Lipinski definition) is 5. The van der Waals surface area contributed by atoms with Gasteiger partial charge in [-0.3, -0.25) is 4.79 Å². The van der Waals surface area contributed by atoms with Crippen molar-refractivity contribution >= 4 is 63.2 Å². The number of carbonyl (C=O) groups excluding carboxylic acids is 1. The van der Waals surface area contributed by atoms with Gasteiger partial charge in [-0.25, -0.2) is 0 Å². The number of nitrogens with one attached hydrogen (secondary N) is 1. The summed E-state index contributed by atoms with van der Waals surface area (Å²) in [5, 5.41) is 3.12. The van der Waals surface area contributed by atoms with E-state index in [0.717, 1.165) is 11.7 Å². The fourth-order valence-corrected chi connectivity index (χ4v) is 2.16. The Bertz CT molecular complexity index is 668. The van der Waals surface area contributed by atoms with Crippen LogP contribution in [-0.4, -0.2) is 19.6 Å². The highest BCUT2D eigenvalue weighted by atomic mass is 35.5. The van der Waals surface area contributed by atoms with Crippen LogP contribution in [0.2, 0.25) is 5.02 Å². The smallest absolute Gasteiger partial charge is 0.236 e. The zero-order valence-corrected chi connectivity index (χ0v) is 12.6. The SMILES string of the molecule is CC(C)(C(=O)Nc1c(Cl)ccc2nsnc12)C(N)=S. The molecule has 1 amide bonds. The maximum absolute atomic E-state index is 12.2. The van der Waals surface area contributed by atoms with E-state index in [-0.39, 0.29) is 10.9 Å². The Kier molecular flexibility index (Phi) is 3.71. The zero-order chi connectivity index (χ0) is 14.2. The molecule has 0 aliphatic heterocycles. The first kappa shape index (κ1) is 14.1. The summed E-state index contributed by atoms with van der Waals surface area (Å²) in [6.07, 6.45) is 0. The van der Waals surface area contributed by atoms with E-state index in [2.05, 4.69) is 14.1 Å². The van der Waals surface area contributed by atoms with E-state index < -0.39 is 5.41 Å². The molecular formula is C11H11ClN4OS2. The van der Waals surface area contributed by atoms with Crippen LogP contribution in [-0.2, 0) is 4.79 Å². The average molecular weight is 315 g/mol. The van der Waals surface area contributed by atoms with Crippen molar-refractivity contribution in [1.29, 1.82) is 0 Å². The molecule has 5 nitrogen and oxygen atoms in total. The van der Waals surface area contributed by atoms with Crippen LogP contribution in [0, 0.1) is 5.41 Å². The van der Waals surface area contributed by atoms with E-state index in [9.17, 15) is 4.79 Å². The lowest BCUT2D eigenvalue weighted by atomic mass is 9.92. The Morgan fingerprint density at radius 3 is 2.79 bits per heavy atom. The fourth-order valence-electron chi connectivity index (χ4n) is 1.33. The van der Waals surface area contributed by atoms with Crippen molar-refractivity contribution in [1.82, 2.24) is 8.75 Å². The zero-order valence-electron chi connectivity index (χ0n) is 10.2. The Morgan fingerprint density at radius 1 is 1.47 bits per heavy atom. The van der Waals surface area contributed by atoms with Gasteiger partial charge in [0.15, 0.2) is 0 Å². The second-order valence-electron chi connectivity index (χ2n) is 4.50. The summed E-state index contributed by atoms with van der Waals surface area (Å²) in [5.41, 5.74) is 6.27. The third-order valence-electron chi connectivity index (χ3n) is 2.80. The Hall–Kier alpha value is -1.31. The largest absolute Gasteiger partial charge is 0.392 e. The summed E-state index contributed by atoms with van der Waals surface area (Å²) in [7, 11) is 0. The molecule has 0 unspecified atom stereocenters. The van der Waals surface area contributed by atoms with Crippen LogP contribution < -0.4 is 11.1 Å². The summed E-state index contributed by atoms with van der Waals surface area (Å²) in [4.78, 5) is 12.3. The minimum Gasteiger partial charge on any atom is -0.392 e. The van der Waals surface area contributed by atoms with Crippen LogP contribution in [0.3, 0.4) is 0 Å². The monoisotopic (exact) mass is 314 g/mol. The molecule has 0 bridgehead atoms. The van der Waals surface area contributed by atoms with E-state index in [4.69, 9.17) is 29.6 Å². The number of thiocarbonyl (C=S) groups is 1. The number of halogens is 1. The Balaban J connectivity index is 2.41. The molecule has 0 saturated carbocycles. The van der Waals surface area contributed by atoms with Crippen LogP contribution in [0.5, 0.6) is 0 Å². The molecule has 2 aromatic rings. The van der Waals surface area contributed by atoms with Gasteiger partial charge in [-0.05, 0) is 26.0 Å².